The number of aliphatic hydroxyl groups excluding tert-OH is 1. The first kappa shape index (κ1) is 23.2. The molecule has 31 heavy (non-hydrogen) atoms. The van der Waals surface area contributed by atoms with Crippen LogP contribution in [0, 0.1) is 17.2 Å². The van der Waals surface area contributed by atoms with E-state index in [1.165, 1.54) is 4.31 Å². The van der Waals surface area contributed by atoms with Crippen LogP contribution >= 0.6 is 0 Å². The lowest BCUT2D eigenvalue weighted by atomic mass is 10.0. The van der Waals surface area contributed by atoms with E-state index in [1.807, 2.05) is 32.0 Å². The molecule has 1 heterocycles. The quantitative estimate of drug-likeness (QED) is 0.763. The Balaban J connectivity index is 2.16. The molecule has 1 aliphatic rings. The summed E-state index contributed by atoms with van der Waals surface area (Å²) in [5.41, 5.74) is 2.10. The van der Waals surface area contributed by atoms with Gasteiger partial charge in [-0.3, -0.25) is 0 Å². The number of nitrogens with zero attached hydrogens (tertiary/aromatic N) is 3. The number of hydrogen-bond donors (Lipinski definition) is 1. The fourth-order valence-electron chi connectivity index (χ4n) is 3.75. The summed E-state index contributed by atoms with van der Waals surface area (Å²) in [7, 11) is 0.0295. The van der Waals surface area contributed by atoms with Crippen LogP contribution in [-0.4, -0.2) is 68.7 Å². The van der Waals surface area contributed by atoms with Gasteiger partial charge >= 0.3 is 0 Å². The molecule has 1 N–H and O–H groups in total. The van der Waals surface area contributed by atoms with Crippen LogP contribution in [0.3, 0.4) is 0 Å². The number of aliphatic hydroxyl groups is 1. The molecule has 0 radical (unpaired) electrons. The van der Waals surface area contributed by atoms with E-state index in [9.17, 15) is 18.8 Å². The summed E-state index contributed by atoms with van der Waals surface area (Å²) < 4.78 is 34.6. The second-order valence-corrected chi connectivity index (χ2v) is 10.2. The fraction of sp³-hybridized carbons (Fsp3) is 0.435. The number of benzene rings is 2. The van der Waals surface area contributed by atoms with Gasteiger partial charge in [-0.15, -0.1) is 0 Å². The molecule has 0 saturated heterocycles. The van der Waals surface area contributed by atoms with Gasteiger partial charge in [-0.25, -0.2) is 8.42 Å². The van der Waals surface area contributed by atoms with E-state index in [1.54, 1.807) is 43.3 Å². The van der Waals surface area contributed by atoms with Gasteiger partial charge in [0.25, 0.3) is 0 Å². The minimum Gasteiger partial charge on any atom is -0.487 e. The first-order chi connectivity index (χ1) is 14.7. The molecule has 8 heteroatoms. The highest BCUT2D eigenvalue weighted by Gasteiger charge is 2.37. The standard InChI is InChI=1S/C23H29N3O4S/c1-16-13-26(17(2)15-27)31(28,29)23-9-8-20(19-7-5-6-18(10-19)12-24)11-21(23)30-22(16)14-25(3)4/h5-11,16-17,22,27H,13-15H2,1-4H3/t16-,17+,22-/m0/s1. The number of nitriles is 1. The van der Waals surface area contributed by atoms with E-state index >= 15 is 0 Å². The molecule has 2 aromatic rings. The smallest absolute Gasteiger partial charge is 0.247 e. The van der Waals surface area contributed by atoms with Gasteiger partial charge in [-0.1, -0.05) is 25.1 Å². The second-order valence-electron chi connectivity index (χ2n) is 8.36. The predicted molar refractivity (Wildman–Crippen MR) is 119 cm³/mol. The highest BCUT2D eigenvalue weighted by molar-refractivity contribution is 7.89. The minimum absolute atomic E-state index is 0.0867. The summed E-state index contributed by atoms with van der Waals surface area (Å²) >= 11 is 0. The number of sulfonamides is 1. The molecule has 2 aromatic carbocycles. The third kappa shape index (κ3) is 4.91. The van der Waals surface area contributed by atoms with Crippen molar-refractivity contribution in [2.75, 3.05) is 33.8 Å². The number of rotatable bonds is 5. The van der Waals surface area contributed by atoms with Crippen LogP contribution in [0.25, 0.3) is 11.1 Å². The van der Waals surface area contributed by atoms with Crippen molar-refractivity contribution in [3.05, 3.63) is 48.0 Å². The molecule has 7 nitrogen and oxygen atoms in total. The molecule has 0 aliphatic carbocycles. The van der Waals surface area contributed by atoms with Gasteiger partial charge in [-0.2, -0.15) is 9.57 Å². The minimum atomic E-state index is -3.87. The lowest BCUT2D eigenvalue weighted by Gasteiger charge is -2.37. The maximum absolute atomic E-state index is 13.5. The monoisotopic (exact) mass is 443 g/mol. The molecule has 0 spiro atoms. The fourth-order valence-corrected chi connectivity index (χ4v) is 5.58. The van der Waals surface area contributed by atoms with Gasteiger partial charge in [-0.05, 0) is 56.4 Å². The molecule has 0 fully saturated rings. The number of fused-ring (bicyclic) bond motifs is 1. The van der Waals surface area contributed by atoms with Crippen molar-refractivity contribution in [1.29, 1.82) is 5.26 Å². The molecule has 3 atom stereocenters. The molecular weight excluding hydrogens is 414 g/mol. The summed E-state index contributed by atoms with van der Waals surface area (Å²) in [6.45, 7) is 4.28. The molecule has 166 valence electrons. The summed E-state index contributed by atoms with van der Waals surface area (Å²) in [5.74, 6) is 0.193. The molecule has 0 unspecified atom stereocenters. The third-order valence-corrected chi connectivity index (χ3v) is 7.56. The molecule has 0 aromatic heterocycles. The highest BCUT2D eigenvalue weighted by Crippen LogP contribution is 2.36. The van der Waals surface area contributed by atoms with Crippen molar-refractivity contribution in [1.82, 2.24) is 9.21 Å². The average Bonchev–Trinajstić information content (AvgIpc) is 2.75. The van der Waals surface area contributed by atoms with E-state index in [-0.39, 0.29) is 35.8 Å². The number of ether oxygens (including phenoxy) is 1. The summed E-state index contributed by atoms with van der Waals surface area (Å²) in [6.07, 6.45) is -0.238. The maximum Gasteiger partial charge on any atom is 0.247 e. The Morgan fingerprint density at radius 2 is 1.97 bits per heavy atom. The topological polar surface area (TPSA) is 93.9 Å². The van der Waals surface area contributed by atoms with E-state index in [0.29, 0.717) is 12.1 Å². The lowest BCUT2D eigenvalue weighted by molar-refractivity contribution is 0.0813. The SMILES string of the molecule is C[C@H](CO)N1C[C@H](C)[C@H](CN(C)C)Oc2cc(-c3cccc(C#N)c3)ccc2S1(=O)=O. The largest absolute Gasteiger partial charge is 0.487 e. The molecule has 1 aliphatic heterocycles. The van der Waals surface area contributed by atoms with E-state index < -0.39 is 16.1 Å². The summed E-state index contributed by atoms with van der Waals surface area (Å²) in [5, 5.41) is 18.9. The van der Waals surface area contributed by atoms with Crippen LogP contribution in [0.4, 0.5) is 0 Å². The first-order valence-electron chi connectivity index (χ1n) is 10.3. The summed E-state index contributed by atoms with van der Waals surface area (Å²) in [4.78, 5) is 2.10. The second kappa shape index (κ2) is 9.37. The zero-order valence-electron chi connectivity index (χ0n) is 18.3. The van der Waals surface area contributed by atoms with Crippen LogP contribution in [0.5, 0.6) is 5.75 Å². The molecule has 0 saturated carbocycles. The lowest BCUT2D eigenvalue weighted by Crippen LogP contribution is -2.49. The van der Waals surface area contributed by atoms with Crippen LogP contribution in [-0.2, 0) is 10.0 Å². The number of likely N-dealkylation sites (N-methyl/N-ethyl adjacent to an activating group) is 1. The summed E-state index contributed by atoms with van der Waals surface area (Å²) in [6, 6.07) is 13.7. The Kier molecular flexibility index (Phi) is 7.02. The predicted octanol–water partition coefficient (Wildman–Crippen LogP) is 2.56. The Morgan fingerprint density at radius 3 is 2.61 bits per heavy atom. The zero-order chi connectivity index (χ0) is 22.8. The van der Waals surface area contributed by atoms with Gasteiger partial charge in [0.05, 0.1) is 18.2 Å². The van der Waals surface area contributed by atoms with Crippen molar-refractivity contribution in [3.63, 3.8) is 0 Å². The highest BCUT2D eigenvalue weighted by atomic mass is 32.2. The van der Waals surface area contributed by atoms with E-state index in [0.717, 1.165) is 11.1 Å². The van der Waals surface area contributed by atoms with Gasteiger partial charge in [0.2, 0.25) is 10.0 Å². The van der Waals surface area contributed by atoms with Crippen molar-refractivity contribution >= 4 is 10.0 Å². The van der Waals surface area contributed by atoms with Crippen molar-refractivity contribution in [2.45, 2.75) is 30.9 Å². The van der Waals surface area contributed by atoms with Crippen LogP contribution in [0.15, 0.2) is 47.4 Å². The molecular formula is C23H29N3O4S. The zero-order valence-corrected chi connectivity index (χ0v) is 19.1. The van der Waals surface area contributed by atoms with Crippen molar-refractivity contribution in [2.24, 2.45) is 5.92 Å². The normalized spacial score (nSPS) is 22.0. The average molecular weight is 444 g/mol. The first-order valence-corrected chi connectivity index (χ1v) is 11.7. The molecule has 0 bridgehead atoms. The Morgan fingerprint density at radius 1 is 1.26 bits per heavy atom. The third-order valence-electron chi connectivity index (χ3n) is 5.54. The van der Waals surface area contributed by atoms with E-state index in [2.05, 4.69) is 6.07 Å². The maximum atomic E-state index is 13.5. The molecule has 0 amide bonds. The van der Waals surface area contributed by atoms with Gasteiger partial charge in [0, 0.05) is 25.0 Å². The number of hydrogen-bond acceptors (Lipinski definition) is 6. The van der Waals surface area contributed by atoms with E-state index in [4.69, 9.17) is 4.74 Å². The van der Waals surface area contributed by atoms with Crippen LogP contribution in [0.1, 0.15) is 19.4 Å². The van der Waals surface area contributed by atoms with Crippen LogP contribution < -0.4 is 4.74 Å². The van der Waals surface area contributed by atoms with Gasteiger partial charge in [0.15, 0.2) is 0 Å². The van der Waals surface area contributed by atoms with Crippen molar-refractivity contribution in [3.8, 4) is 22.9 Å². The Bertz CT molecular complexity index is 1080. The Labute approximate surface area is 184 Å². The van der Waals surface area contributed by atoms with Crippen LogP contribution in [0.2, 0.25) is 0 Å². The molecule has 3 rings (SSSR count). The van der Waals surface area contributed by atoms with Gasteiger partial charge < -0.3 is 14.7 Å². The Hall–Kier alpha value is -2.44. The van der Waals surface area contributed by atoms with Crippen molar-refractivity contribution < 1.29 is 18.3 Å². The van der Waals surface area contributed by atoms with Gasteiger partial charge in [0.1, 0.15) is 16.7 Å².